The van der Waals surface area contributed by atoms with E-state index in [1.54, 1.807) is 0 Å². The lowest BCUT2D eigenvalue weighted by Crippen LogP contribution is -2.47. The molecular formula is C19H26N2O2. The van der Waals surface area contributed by atoms with Gasteiger partial charge in [0.1, 0.15) is 0 Å². The molecule has 2 unspecified atom stereocenters. The SMILES string of the molecule is Cc1cccc2c(=O)[nH]c(CCN3CCCC(C)C3CO)cc12. The Kier molecular flexibility index (Phi) is 4.83. The van der Waals surface area contributed by atoms with Gasteiger partial charge in [-0.25, -0.2) is 0 Å². The molecule has 2 heterocycles. The minimum atomic E-state index is -0.00748. The van der Waals surface area contributed by atoms with E-state index >= 15 is 0 Å². The van der Waals surface area contributed by atoms with E-state index in [0.29, 0.717) is 5.92 Å². The highest BCUT2D eigenvalue weighted by molar-refractivity contribution is 5.84. The van der Waals surface area contributed by atoms with Gasteiger partial charge >= 0.3 is 0 Å². The van der Waals surface area contributed by atoms with E-state index in [4.69, 9.17) is 0 Å². The summed E-state index contributed by atoms with van der Waals surface area (Å²) in [4.78, 5) is 17.7. The molecule has 0 spiro atoms. The van der Waals surface area contributed by atoms with E-state index in [1.165, 1.54) is 12.8 Å². The van der Waals surface area contributed by atoms with Crippen LogP contribution in [0.1, 0.15) is 31.0 Å². The third-order valence-corrected chi connectivity index (χ3v) is 5.25. The van der Waals surface area contributed by atoms with Gasteiger partial charge in [0.15, 0.2) is 0 Å². The monoisotopic (exact) mass is 314 g/mol. The Morgan fingerprint density at radius 2 is 2.17 bits per heavy atom. The average molecular weight is 314 g/mol. The lowest BCUT2D eigenvalue weighted by Gasteiger charge is -2.39. The third-order valence-electron chi connectivity index (χ3n) is 5.25. The number of rotatable bonds is 4. The molecule has 0 bridgehead atoms. The summed E-state index contributed by atoms with van der Waals surface area (Å²) in [5, 5.41) is 11.4. The molecular weight excluding hydrogens is 288 g/mol. The van der Waals surface area contributed by atoms with Crippen molar-refractivity contribution in [2.24, 2.45) is 5.92 Å². The van der Waals surface area contributed by atoms with Crippen LogP contribution in [-0.4, -0.2) is 40.7 Å². The van der Waals surface area contributed by atoms with Crippen molar-refractivity contribution >= 4 is 10.8 Å². The number of hydrogen-bond acceptors (Lipinski definition) is 3. The summed E-state index contributed by atoms with van der Waals surface area (Å²) in [5.41, 5.74) is 2.10. The molecule has 1 aliphatic heterocycles. The van der Waals surface area contributed by atoms with Gasteiger partial charge in [-0.2, -0.15) is 0 Å². The molecule has 1 aromatic carbocycles. The quantitative estimate of drug-likeness (QED) is 0.911. The van der Waals surface area contributed by atoms with Crippen LogP contribution >= 0.6 is 0 Å². The normalized spacial score (nSPS) is 22.6. The van der Waals surface area contributed by atoms with E-state index in [0.717, 1.165) is 41.5 Å². The van der Waals surface area contributed by atoms with Gasteiger partial charge in [-0.1, -0.05) is 19.1 Å². The first-order valence-electron chi connectivity index (χ1n) is 8.56. The predicted molar refractivity (Wildman–Crippen MR) is 93.9 cm³/mol. The van der Waals surface area contributed by atoms with Crippen LogP contribution in [0.2, 0.25) is 0 Å². The van der Waals surface area contributed by atoms with Crippen LogP contribution in [0.25, 0.3) is 10.8 Å². The molecule has 2 N–H and O–H groups in total. The van der Waals surface area contributed by atoms with E-state index in [2.05, 4.69) is 22.9 Å². The number of aryl methyl sites for hydroxylation is 1. The zero-order valence-electron chi connectivity index (χ0n) is 14.0. The van der Waals surface area contributed by atoms with E-state index in [9.17, 15) is 9.90 Å². The summed E-state index contributed by atoms with van der Waals surface area (Å²) in [6.45, 7) is 6.39. The van der Waals surface area contributed by atoms with Crippen molar-refractivity contribution in [2.45, 2.75) is 39.2 Å². The number of benzene rings is 1. The number of fused-ring (bicyclic) bond motifs is 1. The molecule has 1 aromatic heterocycles. The van der Waals surface area contributed by atoms with E-state index in [1.807, 2.05) is 25.1 Å². The smallest absolute Gasteiger partial charge is 0.256 e. The number of pyridine rings is 1. The number of aromatic nitrogens is 1. The fourth-order valence-electron chi connectivity index (χ4n) is 3.80. The summed E-state index contributed by atoms with van der Waals surface area (Å²) in [7, 11) is 0. The fourth-order valence-corrected chi connectivity index (χ4v) is 3.80. The second-order valence-electron chi connectivity index (χ2n) is 6.82. The van der Waals surface area contributed by atoms with Crippen LogP contribution in [0.4, 0.5) is 0 Å². The van der Waals surface area contributed by atoms with Gasteiger partial charge < -0.3 is 10.1 Å². The summed E-state index contributed by atoms with van der Waals surface area (Å²) >= 11 is 0. The molecule has 1 fully saturated rings. The molecule has 0 radical (unpaired) electrons. The number of nitrogens with one attached hydrogen (secondary N) is 1. The molecule has 1 aliphatic rings. The zero-order valence-corrected chi connectivity index (χ0v) is 14.0. The molecule has 0 saturated carbocycles. The molecule has 2 aromatic rings. The largest absolute Gasteiger partial charge is 0.395 e. The molecule has 124 valence electrons. The van der Waals surface area contributed by atoms with Gasteiger partial charge in [0.25, 0.3) is 5.56 Å². The minimum absolute atomic E-state index is 0.00748. The molecule has 0 amide bonds. The maximum absolute atomic E-state index is 12.3. The van der Waals surface area contributed by atoms with Crippen LogP contribution < -0.4 is 5.56 Å². The van der Waals surface area contributed by atoms with Crippen molar-refractivity contribution in [3.05, 3.63) is 45.9 Å². The summed E-state index contributed by atoms with van der Waals surface area (Å²) in [6.07, 6.45) is 3.18. The number of likely N-dealkylation sites (tertiary alicyclic amines) is 1. The van der Waals surface area contributed by atoms with E-state index < -0.39 is 0 Å². The highest BCUT2D eigenvalue weighted by Crippen LogP contribution is 2.23. The summed E-state index contributed by atoms with van der Waals surface area (Å²) < 4.78 is 0. The Labute approximate surface area is 137 Å². The van der Waals surface area contributed by atoms with Crippen molar-refractivity contribution < 1.29 is 5.11 Å². The standard InChI is InChI=1S/C19H26N2O2/c1-13-5-3-7-16-17(13)11-15(20-19(16)23)8-10-21-9-4-6-14(2)18(21)12-22/h3,5,7,11,14,18,22H,4,6,8-10,12H2,1-2H3,(H,20,23). The van der Waals surface area contributed by atoms with Crippen LogP contribution in [0, 0.1) is 12.8 Å². The van der Waals surface area contributed by atoms with Crippen molar-refractivity contribution in [1.29, 1.82) is 0 Å². The van der Waals surface area contributed by atoms with Crippen LogP contribution in [0.5, 0.6) is 0 Å². The van der Waals surface area contributed by atoms with Gasteiger partial charge in [-0.05, 0) is 55.3 Å². The zero-order chi connectivity index (χ0) is 16.4. The molecule has 1 saturated heterocycles. The van der Waals surface area contributed by atoms with Crippen LogP contribution in [0.15, 0.2) is 29.1 Å². The van der Waals surface area contributed by atoms with Crippen LogP contribution in [-0.2, 0) is 6.42 Å². The Balaban J connectivity index is 1.79. The van der Waals surface area contributed by atoms with Gasteiger partial charge in [0.05, 0.1) is 6.61 Å². The van der Waals surface area contributed by atoms with Crippen molar-refractivity contribution in [3.63, 3.8) is 0 Å². The topological polar surface area (TPSA) is 56.3 Å². The van der Waals surface area contributed by atoms with Crippen LogP contribution in [0.3, 0.4) is 0 Å². The maximum Gasteiger partial charge on any atom is 0.256 e. The molecule has 2 atom stereocenters. The second kappa shape index (κ2) is 6.85. The maximum atomic E-state index is 12.3. The van der Waals surface area contributed by atoms with Crippen molar-refractivity contribution in [1.82, 2.24) is 9.88 Å². The Bertz CT molecular complexity index is 738. The second-order valence-corrected chi connectivity index (χ2v) is 6.82. The van der Waals surface area contributed by atoms with Gasteiger partial charge in [-0.3, -0.25) is 9.69 Å². The number of aromatic amines is 1. The fraction of sp³-hybridized carbons (Fsp3) is 0.526. The predicted octanol–water partition coefficient (Wildman–Crippen LogP) is 2.47. The Morgan fingerprint density at radius 3 is 2.96 bits per heavy atom. The Morgan fingerprint density at radius 1 is 1.35 bits per heavy atom. The first-order valence-corrected chi connectivity index (χ1v) is 8.56. The lowest BCUT2D eigenvalue weighted by atomic mass is 9.91. The van der Waals surface area contributed by atoms with Crippen molar-refractivity contribution in [3.8, 4) is 0 Å². The van der Waals surface area contributed by atoms with Gasteiger partial charge in [-0.15, -0.1) is 0 Å². The number of hydrogen-bond donors (Lipinski definition) is 2. The molecule has 23 heavy (non-hydrogen) atoms. The third kappa shape index (κ3) is 3.33. The first-order chi connectivity index (χ1) is 11.1. The summed E-state index contributed by atoms with van der Waals surface area (Å²) in [6, 6.07) is 8.19. The van der Waals surface area contributed by atoms with Gasteiger partial charge in [0, 0.05) is 30.1 Å². The molecule has 4 nitrogen and oxygen atoms in total. The highest BCUT2D eigenvalue weighted by Gasteiger charge is 2.27. The number of aliphatic hydroxyl groups is 1. The summed E-state index contributed by atoms with van der Waals surface area (Å²) in [5.74, 6) is 0.534. The van der Waals surface area contributed by atoms with E-state index in [-0.39, 0.29) is 18.2 Å². The number of piperidine rings is 1. The first kappa shape index (κ1) is 16.2. The van der Waals surface area contributed by atoms with Gasteiger partial charge in [0.2, 0.25) is 0 Å². The minimum Gasteiger partial charge on any atom is -0.395 e. The lowest BCUT2D eigenvalue weighted by molar-refractivity contribution is 0.0538. The van der Waals surface area contributed by atoms with Crippen molar-refractivity contribution in [2.75, 3.05) is 19.7 Å². The number of nitrogens with zero attached hydrogens (tertiary/aromatic N) is 1. The number of H-pyrrole nitrogens is 1. The molecule has 3 rings (SSSR count). The molecule has 0 aliphatic carbocycles. The Hall–Kier alpha value is -1.65. The molecule has 4 heteroatoms. The highest BCUT2D eigenvalue weighted by atomic mass is 16.3. The number of aliphatic hydroxyl groups excluding tert-OH is 1. The average Bonchev–Trinajstić information content (AvgIpc) is 2.54.